The van der Waals surface area contributed by atoms with Crippen LogP contribution in [0.2, 0.25) is 0 Å². The van der Waals surface area contributed by atoms with E-state index in [1.807, 2.05) is 0 Å². The highest BCUT2D eigenvalue weighted by Gasteiger charge is 2.71. The van der Waals surface area contributed by atoms with E-state index in [1.54, 1.807) is 0 Å². The number of esters is 3. The number of rotatable bonds is 7. The summed E-state index contributed by atoms with van der Waals surface area (Å²) in [6.07, 6.45) is -4.94. The van der Waals surface area contributed by atoms with Gasteiger partial charge in [0.25, 0.3) is 10.9 Å². The number of hydrogen-bond acceptors (Lipinski definition) is 8. The molecule has 0 aromatic rings. The summed E-state index contributed by atoms with van der Waals surface area (Å²) in [6, 6.07) is 0. The summed E-state index contributed by atoms with van der Waals surface area (Å²) in [5, 5.41) is -4.04. The molecule has 2 aliphatic carbocycles. The summed E-state index contributed by atoms with van der Waals surface area (Å²) in [5.74, 6) is -11.3. The van der Waals surface area contributed by atoms with Crippen molar-refractivity contribution in [2.45, 2.75) is 56.4 Å². The summed E-state index contributed by atoms with van der Waals surface area (Å²) >= 11 is 0. The molecule has 1 saturated heterocycles. The van der Waals surface area contributed by atoms with Crippen LogP contribution in [-0.2, 0) is 38.7 Å². The Morgan fingerprint density at radius 2 is 1.84 bits per heavy atom. The van der Waals surface area contributed by atoms with Crippen LogP contribution in [0, 0.1) is 23.7 Å². The fourth-order valence-corrected chi connectivity index (χ4v) is 5.21. The van der Waals surface area contributed by atoms with Crippen LogP contribution in [0.3, 0.4) is 0 Å². The van der Waals surface area contributed by atoms with E-state index in [9.17, 15) is 36.0 Å². The largest absolute Gasteiger partial charge is 0.458 e. The Labute approximate surface area is 175 Å². The Morgan fingerprint density at radius 3 is 2.32 bits per heavy atom. The van der Waals surface area contributed by atoms with Crippen molar-refractivity contribution in [1.82, 2.24) is 0 Å². The molecule has 0 aromatic heterocycles. The maximum absolute atomic E-state index is 14.6. The third-order valence-electron chi connectivity index (χ3n) is 6.08. The SMILES string of the molecule is C=C(C)C(=O)OC1C2CC3C1OC(=O)C3C2C(=O)OC(C(C)(F)F)C(C)(F)S(=O)(=O)O. The van der Waals surface area contributed by atoms with Crippen LogP contribution in [0.4, 0.5) is 13.2 Å². The van der Waals surface area contributed by atoms with Gasteiger partial charge in [0.2, 0.25) is 6.10 Å². The van der Waals surface area contributed by atoms with E-state index in [1.165, 1.54) is 6.92 Å². The lowest BCUT2D eigenvalue weighted by atomic mass is 9.78. The van der Waals surface area contributed by atoms with Gasteiger partial charge in [-0.25, -0.2) is 18.0 Å². The predicted molar refractivity (Wildman–Crippen MR) is 94.7 cm³/mol. The molecule has 1 N–H and O–H groups in total. The fourth-order valence-electron chi connectivity index (χ4n) is 4.68. The normalized spacial score (nSPS) is 34.6. The van der Waals surface area contributed by atoms with Gasteiger partial charge in [-0.2, -0.15) is 8.42 Å². The van der Waals surface area contributed by atoms with Crippen LogP contribution >= 0.6 is 0 Å². The number of carbonyl (C=O) groups excluding carboxylic acids is 3. The van der Waals surface area contributed by atoms with Gasteiger partial charge in [-0.15, -0.1) is 0 Å². The first-order chi connectivity index (χ1) is 14.0. The first-order valence-corrected chi connectivity index (χ1v) is 10.7. The maximum atomic E-state index is 14.6. The minimum Gasteiger partial charge on any atom is -0.458 e. The number of halogens is 3. The van der Waals surface area contributed by atoms with Crippen molar-refractivity contribution < 1.29 is 54.7 Å². The quantitative estimate of drug-likeness (QED) is 0.254. The second-order valence-electron chi connectivity index (χ2n) is 8.40. The van der Waals surface area contributed by atoms with E-state index in [4.69, 9.17) is 14.0 Å². The van der Waals surface area contributed by atoms with Crippen LogP contribution in [0.25, 0.3) is 0 Å². The minimum absolute atomic E-state index is 0.0369. The van der Waals surface area contributed by atoms with Crippen molar-refractivity contribution in [3.8, 4) is 0 Å². The minimum atomic E-state index is -5.72. The molecule has 2 saturated carbocycles. The summed E-state index contributed by atoms with van der Waals surface area (Å²) in [6.45, 7) is 5.05. The molecule has 8 atom stereocenters. The number of ether oxygens (including phenoxy) is 3. The molecule has 13 heteroatoms. The first kappa shape index (κ1) is 23.5. The molecule has 0 spiro atoms. The highest BCUT2D eigenvalue weighted by Crippen LogP contribution is 2.59. The van der Waals surface area contributed by atoms with Gasteiger partial charge < -0.3 is 14.2 Å². The smallest absolute Gasteiger partial charge is 0.333 e. The van der Waals surface area contributed by atoms with Crippen molar-refractivity contribution >= 4 is 28.0 Å². The van der Waals surface area contributed by atoms with Crippen LogP contribution in [0.5, 0.6) is 0 Å². The molecule has 1 aliphatic heterocycles. The molecule has 9 nitrogen and oxygen atoms in total. The monoisotopic (exact) mass is 470 g/mol. The molecule has 0 aromatic carbocycles. The molecule has 1 heterocycles. The van der Waals surface area contributed by atoms with Gasteiger partial charge in [-0.3, -0.25) is 14.1 Å². The van der Waals surface area contributed by atoms with Gasteiger partial charge in [0.15, 0.2) is 0 Å². The fraction of sp³-hybridized carbons (Fsp3) is 0.722. The second-order valence-corrected chi connectivity index (χ2v) is 10.1. The Hall–Kier alpha value is -2.15. The zero-order valence-electron chi connectivity index (χ0n) is 16.7. The third kappa shape index (κ3) is 3.71. The average molecular weight is 470 g/mol. The van der Waals surface area contributed by atoms with Gasteiger partial charge >= 0.3 is 28.0 Å². The lowest BCUT2D eigenvalue weighted by molar-refractivity contribution is -0.193. The predicted octanol–water partition coefficient (Wildman–Crippen LogP) is 1.42. The first-order valence-electron chi connectivity index (χ1n) is 9.29. The lowest BCUT2D eigenvalue weighted by Gasteiger charge is -2.35. The zero-order valence-corrected chi connectivity index (χ0v) is 17.5. The topological polar surface area (TPSA) is 133 Å². The number of carbonyl (C=O) groups is 3. The van der Waals surface area contributed by atoms with Crippen LogP contribution < -0.4 is 0 Å². The molecule has 8 unspecified atom stereocenters. The molecule has 2 bridgehead atoms. The lowest BCUT2D eigenvalue weighted by Crippen LogP contribution is -2.55. The Balaban J connectivity index is 1.91. The summed E-state index contributed by atoms with van der Waals surface area (Å²) in [5.41, 5.74) is 0.0369. The summed E-state index contributed by atoms with van der Waals surface area (Å²) < 4.78 is 89.3. The van der Waals surface area contributed by atoms with Crippen molar-refractivity contribution in [2.75, 3.05) is 0 Å². The van der Waals surface area contributed by atoms with E-state index in [0.29, 0.717) is 0 Å². The molecule has 0 amide bonds. The van der Waals surface area contributed by atoms with Crippen LogP contribution in [0.1, 0.15) is 27.2 Å². The molecular weight excluding hydrogens is 449 g/mol. The Morgan fingerprint density at radius 1 is 1.26 bits per heavy atom. The van der Waals surface area contributed by atoms with E-state index < -0.39 is 80.9 Å². The maximum Gasteiger partial charge on any atom is 0.333 e. The van der Waals surface area contributed by atoms with Crippen LogP contribution in [0.15, 0.2) is 12.2 Å². The molecule has 0 radical (unpaired) electrons. The van der Waals surface area contributed by atoms with Crippen molar-refractivity contribution in [2.24, 2.45) is 23.7 Å². The van der Waals surface area contributed by atoms with Crippen LogP contribution in [-0.4, -0.2) is 60.1 Å². The van der Waals surface area contributed by atoms with Gasteiger partial charge in [-0.05, 0) is 20.3 Å². The van der Waals surface area contributed by atoms with E-state index in [2.05, 4.69) is 11.3 Å². The van der Waals surface area contributed by atoms with Gasteiger partial charge in [-0.1, -0.05) is 6.58 Å². The van der Waals surface area contributed by atoms with Gasteiger partial charge in [0.1, 0.15) is 12.2 Å². The highest BCUT2D eigenvalue weighted by atomic mass is 32.2. The Kier molecular flexibility index (Phi) is 5.45. The molecule has 3 aliphatic rings. The molecule has 3 fully saturated rings. The average Bonchev–Trinajstić information content (AvgIpc) is 3.20. The molecule has 174 valence electrons. The van der Waals surface area contributed by atoms with Gasteiger partial charge in [0.05, 0.1) is 11.8 Å². The standard InChI is InChI=1S/C18H21F3O9S/c1-6(2)13(22)28-11-8-5-7-9(14(23)29-12(7)11)10(8)15(24)30-16(17(3,19)20)18(4,21)31(25,26)27/h7-12,16H,1,5H2,2-4H3,(H,25,26,27). The van der Waals surface area contributed by atoms with E-state index in [0.717, 1.165) is 0 Å². The third-order valence-corrected chi connectivity index (χ3v) is 7.30. The number of hydrogen-bond donors (Lipinski definition) is 1. The second kappa shape index (κ2) is 7.19. The van der Waals surface area contributed by atoms with E-state index >= 15 is 0 Å². The van der Waals surface area contributed by atoms with Crippen molar-refractivity contribution in [1.29, 1.82) is 0 Å². The number of fused-ring (bicyclic) bond motifs is 1. The number of alkyl halides is 3. The van der Waals surface area contributed by atoms with Crippen molar-refractivity contribution in [3.05, 3.63) is 12.2 Å². The Bertz CT molecular complexity index is 939. The molecule has 3 rings (SSSR count). The highest BCUT2D eigenvalue weighted by molar-refractivity contribution is 7.87. The zero-order chi connectivity index (χ0) is 23.7. The van der Waals surface area contributed by atoms with Crippen molar-refractivity contribution in [3.63, 3.8) is 0 Å². The van der Waals surface area contributed by atoms with E-state index in [-0.39, 0.29) is 25.8 Å². The van der Waals surface area contributed by atoms with Gasteiger partial charge in [0, 0.05) is 24.3 Å². The molecule has 31 heavy (non-hydrogen) atoms. The summed E-state index contributed by atoms with van der Waals surface area (Å²) in [7, 11) is -5.72. The molecular formula is C18H21F3O9S. The summed E-state index contributed by atoms with van der Waals surface area (Å²) in [4.78, 5) is 37.0.